The SMILES string of the molecule is O=S1(=O)C(COc2cccc(O)c2)=Cc2c(O)cccc21. The summed E-state index contributed by atoms with van der Waals surface area (Å²) in [5, 5.41) is 19.1. The van der Waals surface area contributed by atoms with Crippen LogP contribution >= 0.6 is 0 Å². The fourth-order valence-electron chi connectivity index (χ4n) is 2.14. The highest BCUT2D eigenvalue weighted by Gasteiger charge is 2.31. The Balaban J connectivity index is 1.88. The van der Waals surface area contributed by atoms with Gasteiger partial charge in [0.05, 0.1) is 9.80 Å². The zero-order chi connectivity index (χ0) is 15.0. The van der Waals surface area contributed by atoms with Crippen LogP contribution in [0.1, 0.15) is 5.56 Å². The molecule has 0 amide bonds. The third kappa shape index (κ3) is 2.34. The average Bonchev–Trinajstić information content (AvgIpc) is 2.70. The summed E-state index contributed by atoms with van der Waals surface area (Å²) in [5.41, 5.74) is 0.284. The molecule has 21 heavy (non-hydrogen) atoms. The van der Waals surface area contributed by atoms with E-state index < -0.39 is 9.84 Å². The van der Waals surface area contributed by atoms with Crippen molar-refractivity contribution in [3.63, 3.8) is 0 Å². The molecule has 1 aliphatic rings. The number of rotatable bonds is 3. The first-order valence-corrected chi connectivity index (χ1v) is 7.66. The first-order chi connectivity index (χ1) is 9.98. The van der Waals surface area contributed by atoms with Crippen molar-refractivity contribution in [1.82, 2.24) is 0 Å². The van der Waals surface area contributed by atoms with Crippen molar-refractivity contribution < 1.29 is 23.4 Å². The topological polar surface area (TPSA) is 83.8 Å². The minimum absolute atomic E-state index is 0.0386. The van der Waals surface area contributed by atoms with Gasteiger partial charge < -0.3 is 14.9 Å². The molecule has 1 heterocycles. The minimum Gasteiger partial charge on any atom is -0.508 e. The van der Waals surface area contributed by atoms with Crippen molar-refractivity contribution in [2.75, 3.05) is 6.61 Å². The summed E-state index contributed by atoms with van der Waals surface area (Å²) in [6.45, 7) is -0.167. The van der Waals surface area contributed by atoms with Gasteiger partial charge in [0.1, 0.15) is 23.9 Å². The van der Waals surface area contributed by atoms with Gasteiger partial charge in [-0.1, -0.05) is 12.1 Å². The highest BCUT2D eigenvalue weighted by Crippen LogP contribution is 2.37. The molecule has 0 saturated carbocycles. The quantitative estimate of drug-likeness (QED) is 0.909. The second kappa shape index (κ2) is 4.82. The van der Waals surface area contributed by atoms with Gasteiger partial charge in [0.25, 0.3) is 0 Å². The van der Waals surface area contributed by atoms with Crippen LogP contribution in [0.2, 0.25) is 0 Å². The fraction of sp³-hybridized carbons (Fsp3) is 0.0667. The van der Waals surface area contributed by atoms with E-state index in [0.717, 1.165) is 0 Å². The van der Waals surface area contributed by atoms with E-state index in [1.165, 1.54) is 36.4 Å². The Morgan fingerprint density at radius 3 is 2.52 bits per heavy atom. The van der Waals surface area contributed by atoms with Crippen LogP contribution in [0.5, 0.6) is 17.2 Å². The number of phenols is 2. The molecule has 0 fully saturated rings. The summed E-state index contributed by atoms with van der Waals surface area (Å²) < 4.78 is 30.0. The lowest BCUT2D eigenvalue weighted by Crippen LogP contribution is -2.08. The first-order valence-electron chi connectivity index (χ1n) is 6.18. The van der Waals surface area contributed by atoms with Crippen molar-refractivity contribution in [2.24, 2.45) is 0 Å². The third-order valence-electron chi connectivity index (χ3n) is 3.18. The lowest BCUT2D eigenvalue weighted by atomic mass is 10.2. The van der Waals surface area contributed by atoms with Gasteiger partial charge in [-0.25, -0.2) is 8.42 Å². The highest BCUT2D eigenvalue weighted by molar-refractivity contribution is 7.95. The van der Waals surface area contributed by atoms with Crippen LogP contribution in [0.25, 0.3) is 6.08 Å². The number of fused-ring (bicyclic) bond motifs is 1. The molecule has 0 aromatic heterocycles. The van der Waals surface area contributed by atoms with Gasteiger partial charge in [0, 0.05) is 11.6 Å². The maximum Gasteiger partial charge on any atom is 0.206 e. The Labute approximate surface area is 121 Å². The lowest BCUT2D eigenvalue weighted by molar-refractivity contribution is 0.356. The zero-order valence-corrected chi connectivity index (χ0v) is 11.7. The molecule has 2 N–H and O–H groups in total. The molecule has 1 aliphatic heterocycles. The molecule has 0 radical (unpaired) electrons. The molecule has 0 spiro atoms. The molecule has 108 valence electrons. The van der Waals surface area contributed by atoms with Gasteiger partial charge in [-0.05, 0) is 30.3 Å². The Hall–Kier alpha value is -2.47. The van der Waals surface area contributed by atoms with E-state index in [-0.39, 0.29) is 33.5 Å². The van der Waals surface area contributed by atoms with E-state index in [9.17, 15) is 18.6 Å². The Morgan fingerprint density at radius 2 is 1.81 bits per heavy atom. The fourth-order valence-corrected chi connectivity index (χ4v) is 3.62. The molecule has 0 bridgehead atoms. The summed E-state index contributed by atoms with van der Waals surface area (Å²) in [5.74, 6) is 0.325. The molecular formula is C15H12O5S. The van der Waals surface area contributed by atoms with Crippen LogP contribution in [0.4, 0.5) is 0 Å². The number of aromatic hydroxyl groups is 2. The molecule has 6 heteroatoms. The second-order valence-electron chi connectivity index (χ2n) is 4.59. The van der Waals surface area contributed by atoms with E-state index in [1.54, 1.807) is 12.1 Å². The molecule has 3 rings (SSSR count). The third-order valence-corrected chi connectivity index (χ3v) is 5.04. The molecule has 0 saturated heterocycles. The Kier molecular flexibility index (Phi) is 3.10. The summed E-state index contributed by atoms with van der Waals surface area (Å²) in [6, 6.07) is 10.5. The number of hydrogen-bond donors (Lipinski definition) is 2. The van der Waals surface area contributed by atoms with E-state index in [1.807, 2.05) is 0 Å². The van der Waals surface area contributed by atoms with Crippen molar-refractivity contribution >= 4 is 15.9 Å². The maximum atomic E-state index is 12.3. The largest absolute Gasteiger partial charge is 0.508 e. The van der Waals surface area contributed by atoms with Gasteiger partial charge in [-0.2, -0.15) is 0 Å². The molecule has 2 aromatic carbocycles. The van der Waals surface area contributed by atoms with E-state index >= 15 is 0 Å². The van der Waals surface area contributed by atoms with Crippen LogP contribution < -0.4 is 4.74 Å². The zero-order valence-electron chi connectivity index (χ0n) is 10.9. The molecule has 0 aliphatic carbocycles. The average molecular weight is 304 g/mol. The summed E-state index contributed by atoms with van der Waals surface area (Å²) in [7, 11) is -3.64. The van der Waals surface area contributed by atoms with Crippen LogP contribution in [0.3, 0.4) is 0 Å². The van der Waals surface area contributed by atoms with Crippen molar-refractivity contribution in [3.05, 3.63) is 52.9 Å². The summed E-state index contributed by atoms with van der Waals surface area (Å²) in [4.78, 5) is 0.152. The van der Waals surface area contributed by atoms with Crippen LogP contribution in [0.15, 0.2) is 52.3 Å². The Morgan fingerprint density at radius 1 is 1.05 bits per heavy atom. The number of ether oxygens (including phenoxy) is 1. The lowest BCUT2D eigenvalue weighted by Gasteiger charge is -2.07. The van der Waals surface area contributed by atoms with E-state index in [2.05, 4.69) is 0 Å². The molecule has 2 aromatic rings. The van der Waals surface area contributed by atoms with Gasteiger partial charge in [-0.15, -0.1) is 0 Å². The van der Waals surface area contributed by atoms with E-state index in [0.29, 0.717) is 5.75 Å². The molecule has 0 unspecified atom stereocenters. The Bertz CT molecular complexity index is 837. The second-order valence-corrected chi connectivity index (χ2v) is 6.56. The molecular weight excluding hydrogens is 292 g/mol. The van der Waals surface area contributed by atoms with Crippen molar-refractivity contribution in [2.45, 2.75) is 4.90 Å². The number of sulfone groups is 1. The highest BCUT2D eigenvalue weighted by atomic mass is 32.2. The summed E-state index contributed by atoms with van der Waals surface area (Å²) >= 11 is 0. The molecule has 5 nitrogen and oxygen atoms in total. The minimum atomic E-state index is -3.64. The van der Waals surface area contributed by atoms with Crippen LogP contribution in [0, 0.1) is 0 Å². The van der Waals surface area contributed by atoms with Gasteiger partial charge in [-0.3, -0.25) is 0 Å². The first kappa shape index (κ1) is 13.5. The van der Waals surface area contributed by atoms with E-state index in [4.69, 9.17) is 4.74 Å². The van der Waals surface area contributed by atoms with Gasteiger partial charge >= 0.3 is 0 Å². The molecule has 0 atom stereocenters. The van der Waals surface area contributed by atoms with Crippen molar-refractivity contribution in [1.29, 1.82) is 0 Å². The van der Waals surface area contributed by atoms with Crippen molar-refractivity contribution in [3.8, 4) is 17.2 Å². The van der Waals surface area contributed by atoms with Crippen LogP contribution in [-0.4, -0.2) is 25.2 Å². The smallest absolute Gasteiger partial charge is 0.206 e. The predicted octanol–water partition coefficient (Wildman–Crippen LogP) is 2.30. The monoisotopic (exact) mass is 304 g/mol. The number of benzene rings is 2. The maximum absolute atomic E-state index is 12.3. The van der Waals surface area contributed by atoms with Crippen LogP contribution in [-0.2, 0) is 9.84 Å². The normalized spacial score (nSPS) is 15.3. The standard InChI is InChI=1S/C15H12O5S/c16-10-3-1-4-11(7-10)20-9-12-8-13-14(17)5-2-6-15(13)21(12,18)19/h1-8,16-17H,9H2. The van der Waals surface area contributed by atoms with Gasteiger partial charge in [0.15, 0.2) is 0 Å². The summed E-state index contributed by atoms with van der Waals surface area (Å²) in [6.07, 6.45) is 1.41. The number of phenolic OH excluding ortho intramolecular Hbond substituents is 2. The number of hydrogen-bond acceptors (Lipinski definition) is 5. The predicted molar refractivity (Wildman–Crippen MR) is 76.9 cm³/mol. The van der Waals surface area contributed by atoms with Gasteiger partial charge in [0.2, 0.25) is 9.84 Å².